The van der Waals surface area contributed by atoms with Crippen LogP contribution in [0.4, 0.5) is 0 Å². The summed E-state index contributed by atoms with van der Waals surface area (Å²) in [6.45, 7) is 11.1. The summed E-state index contributed by atoms with van der Waals surface area (Å²) in [5.41, 5.74) is 3.58. The molecule has 1 N–H and O–H groups in total. The van der Waals surface area contributed by atoms with Crippen molar-refractivity contribution < 1.29 is 4.74 Å². The summed E-state index contributed by atoms with van der Waals surface area (Å²) < 4.78 is 7.58. The Hall–Kier alpha value is -1.88. The maximum Gasteiger partial charge on any atom is 0.221 e. The largest absolute Gasteiger partial charge is 0.476 e. The summed E-state index contributed by atoms with van der Waals surface area (Å²) in [6, 6.07) is 0. The minimum absolute atomic E-state index is 0.582. The van der Waals surface area contributed by atoms with E-state index in [1.807, 2.05) is 40.9 Å². The van der Waals surface area contributed by atoms with Gasteiger partial charge in [0.2, 0.25) is 5.88 Å². The van der Waals surface area contributed by atoms with Gasteiger partial charge in [-0.15, -0.1) is 0 Å². The molecule has 0 saturated carbocycles. The Morgan fingerprint density at radius 3 is 2.80 bits per heavy atom. The summed E-state index contributed by atoms with van der Waals surface area (Å²) in [6.07, 6.45) is 3.70. The van der Waals surface area contributed by atoms with Crippen LogP contribution < -0.4 is 10.1 Å². The molecule has 1 aromatic heterocycles. The molecule has 0 atom stereocenters. The average molecular weight is 276 g/mol. The highest BCUT2D eigenvalue weighted by molar-refractivity contribution is 5.77. The first-order chi connectivity index (χ1) is 9.51. The Bertz CT molecular complexity index is 526. The molecule has 0 radical (unpaired) electrons. The fourth-order valence-electron chi connectivity index (χ4n) is 1.89. The molecule has 1 aromatic rings. The molecule has 0 aliphatic carbocycles. The Morgan fingerprint density at radius 2 is 2.25 bits per heavy atom. The van der Waals surface area contributed by atoms with E-state index in [4.69, 9.17) is 4.74 Å². The van der Waals surface area contributed by atoms with Crippen molar-refractivity contribution in [2.24, 2.45) is 12.0 Å². The van der Waals surface area contributed by atoms with E-state index in [1.54, 1.807) is 10.9 Å². The van der Waals surface area contributed by atoms with Gasteiger partial charge in [0.05, 0.1) is 17.0 Å². The normalized spacial score (nSPS) is 12.2. The van der Waals surface area contributed by atoms with Crippen LogP contribution in [0.5, 0.6) is 5.88 Å². The first-order valence-electron chi connectivity index (χ1n) is 6.68. The molecular formula is C15H24N4O. The number of ether oxygens (including phenoxy) is 1. The summed E-state index contributed by atoms with van der Waals surface area (Å²) >= 11 is 0. The molecule has 20 heavy (non-hydrogen) atoms. The predicted octanol–water partition coefficient (Wildman–Crippen LogP) is 2.33. The van der Waals surface area contributed by atoms with Crippen molar-refractivity contribution in [2.75, 3.05) is 20.2 Å². The van der Waals surface area contributed by atoms with Gasteiger partial charge in [0.15, 0.2) is 0 Å². The number of aromatic nitrogens is 2. The van der Waals surface area contributed by atoms with Crippen LogP contribution in [0.1, 0.15) is 25.1 Å². The lowest BCUT2D eigenvalue weighted by molar-refractivity contribution is 0.290. The van der Waals surface area contributed by atoms with Gasteiger partial charge in [-0.3, -0.25) is 4.99 Å². The van der Waals surface area contributed by atoms with Crippen molar-refractivity contribution in [3.8, 4) is 5.88 Å². The number of aryl methyl sites for hydroxylation is 2. The highest BCUT2D eigenvalue weighted by Gasteiger charge is 2.18. The van der Waals surface area contributed by atoms with E-state index < -0.39 is 0 Å². The van der Waals surface area contributed by atoms with Gasteiger partial charge in [0.25, 0.3) is 0 Å². The predicted molar refractivity (Wildman–Crippen MR) is 84.3 cm³/mol. The molecule has 0 spiro atoms. The topological polar surface area (TPSA) is 51.4 Å². The first kappa shape index (κ1) is 16.2. The molecule has 0 bridgehead atoms. The van der Waals surface area contributed by atoms with Gasteiger partial charge in [-0.1, -0.05) is 12.2 Å². The van der Waals surface area contributed by atoms with Gasteiger partial charge in [-0.25, -0.2) is 4.68 Å². The molecule has 0 unspecified atom stereocenters. The van der Waals surface area contributed by atoms with Crippen LogP contribution in [0, 0.1) is 6.92 Å². The summed E-state index contributed by atoms with van der Waals surface area (Å²) in [5.74, 6) is 0.732. The number of hydrogen-bond acceptors (Lipinski definition) is 4. The van der Waals surface area contributed by atoms with E-state index >= 15 is 0 Å². The van der Waals surface area contributed by atoms with Crippen molar-refractivity contribution >= 4 is 11.9 Å². The molecule has 0 saturated heterocycles. The number of allylic oxidation sites excluding steroid dienone is 2. The molecule has 5 heteroatoms. The Balaban J connectivity index is 3.23. The fourth-order valence-corrected chi connectivity index (χ4v) is 1.89. The quantitative estimate of drug-likeness (QED) is 0.472. The monoisotopic (exact) mass is 276 g/mol. The molecule has 0 fully saturated rings. The third kappa shape index (κ3) is 4.06. The fraction of sp³-hybridized carbons (Fsp3) is 0.467. The van der Waals surface area contributed by atoms with Gasteiger partial charge >= 0.3 is 0 Å². The zero-order chi connectivity index (χ0) is 15.1. The number of aliphatic imine (C=N–C) groups is 1. The highest BCUT2D eigenvalue weighted by atomic mass is 16.5. The Labute approximate surface area is 121 Å². The summed E-state index contributed by atoms with van der Waals surface area (Å²) in [7, 11) is 3.77. The lowest BCUT2D eigenvalue weighted by Gasteiger charge is -2.09. The highest BCUT2D eigenvalue weighted by Crippen LogP contribution is 2.30. The third-order valence-corrected chi connectivity index (χ3v) is 2.67. The Kier molecular flexibility index (Phi) is 6.18. The number of hydrogen-bond donors (Lipinski definition) is 1. The van der Waals surface area contributed by atoms with Crippen LogP contribution in [0.25, 0.3) is 5.70 Å². The van der Waals surface area contributed by atoms with Gasteiger partial charge in [-0.05, 0) is 33.9 Å². The van der Waals surface area contributed by atoms with Crippen molar-refractivity contribution in [3.05, 3.63) is 29.5 Å². The Morgan fingerprint density at radius 1 is 1.55 bits per heavy atom. The van der Waals surface area contributed by atoms with E-state index in [0.717, 1.165) is 35.0 Å². The second-order valence-electron chi connectivity index (χ2n) is 4.60. The number of rotatable bonds is 7. The van der Waals surface area contributed by atoms with E-state index in [-0.39, 0.29) is 0 Å². The molecule has 0 aliphatic heterocycles. The lowest BCUT2D eigenvalue weighted by atomic mass is 10.1. The molecule has 0 amide bonds. The SMILES string of the molecule is C=C(C)/C=C(\N=CC)c1c(C)nn(C)c1OCCNC. The van der Waals surface area contributed by atoms with Crippen molar-refractivity contribution in [3.63, 3.8) is 0 Å². The molecule has 0 aromatic carbocycles. The minimum atomic E-state index is 0.582. The zero-order valence-corrected chi connectivity index (χ0v) is 13.0. The second kappa shape index (κ2) is 7.65. The van der Waals surface area contributed by atoms with Crippen LogP contribution in [-0.4, -0.2) is 36.2 Å². The van der Waals surface area contributed by atoms with Gasteiger partial charge in [0, 0.05) is 19.8 Å². The lowest BCUT2D eigenvalue weighted by Crippen LogP contribution is -2.17. The van der Waals surface area contributed by atoms with E-state index in [0.29, 0.717) is 6.61 Å². The standard InChI is InChI=1S/C15H24N4O/c1-7-17-13(10-11(2)3)14-12(4)18-19(6)15(14)20-9-8-16-5/h7,10,16H,2,8-9H2,1,3-6H3/b13-10-,17-7?. The van der Waals surface area contributed by atoms with Gasteiger partial charge in [0.1, 0.15) is 6.61 Å². The van der Waals surface area contributed by atoms with Crippen LogP contribution in [0.15, 0.2) is 23.2 Å². The van der Waals surface area contributed by atoms with Gasteiger partial charge in [-0.2, -0.15) is 5.10 Å². The minimum Gasteiger partial charge on any atom is -0.476 e. The van der Waals surface area contributed by atoms with E-state index in [9.17, 15) is 0 Å². The number of likely N-dealkylation sites (N-methyl/N-ethyl adjacent to an activating group) is 1. The molecular weight excluding hydrogens is 252 g/mol. The van der Waals surface area contributed by atoms with Crippen LogP contribution in [0.2, 0.25) is 0 Å². The molecule has 5 nitrogen and oxygen atoms in total. The molecule has 110 valence electrons. The summed E-state index contributed by atoms with van der Waals surface area (Å²) in [5, 5.41) is 7.48. The van der Waals surface area contributed by atoms with E-state index in [1.165, 1.54) is 0 Å². The molecule has 1 heterocycles. The second-order valence-corrected chi connectivity index (χ2v) is 4.60. The maximum absolute atomic E-state index is 5.83. The first-order valence-corrected chi connectivity index (χ1v) is 6.68. The molecule has 0 aliphatic rings. The van der Waals surface area contributed by atoms with E-state index in [2.05, 4.69) is 22.0 Å². The van der Waals surface area contributed by atoms with Crippen LogP contribution in [-0.2, 0) is 7.05 Å². The smallest absolute Gasteiger partial charge is 0.221 e. The van der Waals surface area contributed by atoms with Crippen LogP contribution >= 0.6 is 0 Å². The van der Waals surface area contributed by atoms with Crippen LogP contribution in [0.3, 0.4) is 0 Å². The van der Waals surface area contributed by atoms with Gasteiger partial charge < -0.3 is 10.1 Å². The third-order valence-electron chi connectivity index (χ3n) is 2.67. The average Bonchev–Trinajstić information content (AvgIpc) is 2.63. The number of nitrogens with one attached hydrogen (secondary N) is 1. The van der Waals surface area contributed by atoms with Crippen molar-refractivity contribution in [1.82, 2.24) is 15.1 Å². The van der Waals surface area contributed by atoms with Crippen molar-refractivity contribution in [2.45, 2.75) is 20.8 Å². The number of nitrogens with zero attached hydrogens (tertiary/aromatic N) is 3. The molecule has 1 rings (SSSR count). The zero-order valence-electron chi connectivity index (χ0n) is 13.0. The maximum atomic E-state index is 5.83. The summed E-state index contributed by atoms with van der Waals surface area (Å²) in [4.78, 5) is 4.42. The van der Waals surface area contributed by atoms with Crippen molar-refractivity contribution in [1.29, 1.82) is 0 Å².